The molecule has 0 radical (unpaired) electrons. The van der Waals surface area contributed by atoms with E-state index in [1.807, 2.05) is 0 Å². The molecule has 104 valence electrons. The molecule has 1 aromatic rings. The third kappa shape index (κ3) is 4.28. The Morgan fingerprint density at radius 2 is 1.89 bits per heavy atom. The van der Waals surface area contributed by atoms with Crippen LogP contribution in [0.2, 0.25) is 5.28 Å². The van der Waals surface area contributed by atoms with Gasteiger partial charge in [-0.2, -0.15) is 9.59 Å². The Bertz CT molecular complexity index is 456. The van der Waals surface area contributed by atoms with Crippen molar-refractivity contribution in [3.8, 4) is 0 Å². The summed E-state index contributed by atoms with van der Waals surface area (Å²) in [5.74, 6) is 0.958. The number of aryl methyl sites for hydroxylation is 1. The quantitative estimate of drug-likeness (QED) is 0.762. The lowest BCUT2D eigenvalue weighted by atomic mass is 10.2. The second kappa shape index (κ2) is 7.84. The Morgan fingerprint density at radius 3 is 2.42 bits per heavy atom. The summed E-state index contributed by atoms with van der Waals surface area (Å²) in [5.41, 5.74) is 2.16. The number of aromatic nitrogens is 2. The predicted molar refractivity (Wildman–Crippen MR) is 69.2 cm³/mol. The molecular formula is C12H16ClN3O3. The number of rotatable bonds is 2. The van der Waals surface area contributed by atoms with Crippen molar-refractivity contribution in [3.05, 3.63) is 16.5 Å². The van der Waals surface area contributed by atoms with Gasteiger partial charge in [0.1, 0.15) is 5.82 Å². The Labute approximate surface area is 116 Å². The second-order valence-electron chi connectivity index (χ2n) is 3.92. The van der Waals surface area contributed by atoms with Crippen molar-refractivity contribution in [2.75, 3.05) is 31.2 Å². The molecule has 1 fully saturated rings. The lowest BCUT2D eigenvalue weighted by molar-refractivity contribution is -0.191. The van der Waals surface area contributed by atoms with Crippen LogP contribution in [0.3, 0.4) is 0 Å². The molecule has 0 saturated carbocycles. The minimum atomic E-state index is 0.250. The number of halogens is 1. The maximum Gasteiger partial charge on any atom is 0.373 e. The number of carbonyl (C=O) groups excluding carboxylic acids is 2. The minimum absolute atomic E-state index is 0.250. The zero-order valence-electron chi connectivity index (χ0n) is 11.0. The van der Waals surface area contributed by atoms with Crippen molar-refractivity contribution in [2.24, 2.45) is 0 Å². The van der Waals surface area contributed by atoms with Gasteiger partial charge in [-0.05, 0) is 24.9 Å². The fourth-order valence-electron chi connectivity index (χ4n) is 1.95. The van der Waals surface area contributed by atoms with E-state index in [1.54, 1.807) is 0 Å². The van der Waals surface area contributed by atoms with Crippen LogP contribution in [-0.4, -0.2) is 42.4 Å². The first-order valence-electron chi connectivity index (χ1n) is 5.99. The predicted octanol–water partition coefficient (Wildman–Crippen LogP) is 1.25. The highest BCUT2D eigenvalue weighted by Gasteiger charge is 2.17. The maximum absolute atomic E-state index is 8.12. The molecular weight excluding hydrogens is 270 g/mol. The van der Waals surface area contributed by atoms with Crippen LogP contribution >= 0.6 is 11.6 Å². The highest BCUT2D eigenvalue weighted by molar-refractivity contribution is 6.28. The highest BCUT2D eigenvalue weighted by Crippen LogP contribution is 2.22. The van der Waals surface area contributed by atoms with Gasteiger partial charge in [0.2, 0.25) is 5.28 Å². The number of hydrogen-bond acceptors (Lipinski definition) is 6. The first-order valence-corrected chi connectivity index (χ1v) is 6.36. The van der Waals surface area contributed by atoms with Gasteiger partial charge in [0.25, 0.3) is 0 Å². The smallest absolute Gasteiger partial charge is 0.373 e. The first-order chi connectivity index (χ1) is 9.13. The normalized spacial score (nSPS) is 14.4. The standard InChI is InChI=1S/C11H16ClN3O.CO2/c1-3-9-8(2)10(14-11(12)13-9)15-4-6-16-7-5-15;2-1-3/h3-7H2,1-2H3;. The second-order valence-corrected chi connectivity index (χ2v) is 4.26. The summed E-state index contributed by atoms with van der Waals surface area (Å²) in [6.07, 6.45) is 1.13. The highest BCUT2D eigenvalue weighted by atomic mass is 35.5. The van der Waals surface area contributed by atoms with E-state index in [2.05, 4.69) is 28.7 Å². The molecule has 2 heterocycles. The van der Waals surface area contributed by atoms with Crippen molar-refractivity contribution in [1.82, 2.24) is 9.97 Å². The maximum atomic E-state index is 8.12. The molecule has 2 rings (SSSR count). The third-order valence-electron chi connectivity index (χ3n) is 2.84. The molecule has 0 spiro atoms. The molecule has 0 amide bonds. The molecule has 1 aliphatic rings. The fraction of sp³-hybridized carbons (Fsp3) is 0.583. The van der Waals surface area contributed by atoms with E-state index < -0.39 is 0 Å². The van der Waals surface area contributed by atoms with E-state index in [0.29, 0.717) is 5.28 Å². The van der Waals surface area contributed by atoms with Crippen molar-refractivity contribution >= 4 is 23.6 Å². The van der Waals surface area contributed by atoms with Crippen LogP contribution in [0, 0.1) is 6.92 Å². The van der Waals surface area contributed by atoms with Crippen LogP contribution in [0.1, 0.15) is 18.2 Å². The molecule has 19 heavy (non-hydrogen) atoms. The van der Waals surface area contributed by atoms with Gasteiger partial charge in [0.05, 0.1) is 18.9 Å². The van der Waals surface area contributed by atoms with Crippen LogP contribution in [0.5, 0.6) is 0 Å². The van der Waals surface area contributed by atoms with E-state index in [1.165, 1.54) is 0 Å². The van der Waals surface area contributed by atoms with E-state index >= 15 is 0 Å². The summed E-state index contributed by atoms with van der Waals surface area (Å²) < 4.78 is 5.33. The molecule has 1 aromatic heterocycles. The zero-order chi connectivity index (χ0) is 14.3. The average molecular weight is 286 g/mol. The van der Waals surface area contributed by atoms with Crippen molar-refractivity contribution in [1.29, 1.82) is 0 Å². The Hall–Kier alpha value is -1.49. The van der Waals surface area contributed by atoms with Gasteiger partial charge >= 0.3 is 6.15 Å². The van der Waals surface area contributed by atoms with Gasteiger partial charge < -0.3 is 9.64 Å². The van der Waals surface area contributed by atoms with Crippen LogP contribution in [0.4, 0.5) is 5.82 Å². The Kier molecular flexibility index (Phi) is 6.42. The summed E-state index contributed by atoms with van der Waals surface area (Å²) in [5, 5.41) is 0.337. The van der Waals surface area contributed by atoms with Gasteiger partial charge in [0.15, 0.2) is 0 Å². The van der Waals surface area contributed by atoms with Crippen molar-refractivity contribution in [2.45, 2.75) is 20.3 Å². The van der Waals surface area contributed by atoms with Gasteiger partial charge in [-0.3, -0.25) is 0 Å². The molecule has 0 atom stereocenters. The molecule has 6 nitrogen and oxygen atoms in total. The van der Waals surface area contributed by atoms with Gasteiger partial charge in [-0.15, -0.1) is 0 Å². The molecule has 0 aliphatic carbocycles. The van der Waals surface area contributed by atoms with E-state index in [0.717, 1.165) is 49.8 Å². The molecule has 0 bridgehead atoms. The molecule has 1 aliphatic heterocycles. The molecule has 0 aromatic carbocycles. The van der Waals surface area contributed by atoms with E-state index in [9.17, 15) is 0 Å². The SMILES string of the molecule is CCc1nc(Cl)nc(N2CCOCC2)c1C.O=C=O. The van der Waals surface area contributed by atoms with Crippen molar-refractivity contribution < 1.29 is 14.3 Å². The number of anilines is 1. The zero-order valence-corrected chi connectivity index (χ0v) is 11.7. The topological polar surface area (TPSA) is 72.4 Å². The number of morpholine rings is 1. The van der Waals surface area contributed by atoms with E-state index in [4.69, 9.17) is 25.9 Å². The molecule has 0 unspecified atom stereocenters. The summed E-state index contributed by atoms with van der Waals surface area (Å²) in [6, 6.07) is 0. The number of nitrogens with zero attached hydrogens (tertiary/aromatic N) is 3. The van der Waals surface area contributed by atoms with Gasteiger partial charge in [0, 0.05) is 18.7 Å². The summed E-state index contributed by atoms with van der Waals surface area (Å²) in [6.45, 7) is 7.38. The van der Waals surface area contributed by atoms with Crippen LogP contribution in [0.25, 0.3) is 0 Å². The Morgan fingerprint density at radius 1 is 1.32 bits per heavy atom. The average Bonchev–Trinajstić information content (AvgIpc) is 2.43. The monoisotopic (exact) mass is 285 g/mol. The molecule has 0 N–H and O–H groups in total. The largest absolute Gasteiger partial charge is 0.378 e. The minimum Gasteiger partial charge on any atom is -0.378 e. The first kappa shape index (κ1) is 15.6. The molecule has 7 heteroatoms. The third-order valence-corrected chi connectivity index (χ3v) is 3.01. The van der Waals surface area contributed by atoms with Crippen LogP contribution in [-0.2, 0) is 20.7 Å². The van der Waals surface area contributed by atoms with Crippen LogP contribution in [0.15, 0.2) is 0 Å². The lowest BCUT2D eigenvalue weighted by Gasteiger charge is -2.29. The van der Waals surface area contributed by atoms with Crippen LogP contribution < -0.4 is 4.90 Å². The lowest BCUT2D eigenvalue weighted by Crippen LogP contribution is -2.37. The van der Waals surface area contributed by atoms with Gasteiger partial charge in [-0.25, -0.2) is 9.97 Å². The summed E-state index contributed by atoms with van der Waals surface area (Å²) >= 11 is 5.94. The number of hydrogen-bond donors (Lipinski definition) is 0. The van der Waals surface area contributed by atoms with Gasteiger partial charge in [-0.1, -0.05) is 6.92 Å². The molecule has 1 saturated heterocycles. The number of ether oxygens (including phenoxy) is 1. The van der Waals surface area contributed by atoms with E-state index in [-0.39, 0.29) is 6.15 Å². The summed E-state index contributed by atoms with van der Waals surface area (Å²) in [7, 11) is 0. The van der Waals surface area contributed by atoms with Crippen molar-refractivity contribution in [3.63, 3.8) is 0 Å². The Balaban J connectivity index is 0.000000550. The fourth-order valence-corrected chi connectivity index (χ4v) is 2.13. The summed E-state index contributed by atoms with van der Waals surface area (Å²) in [4.78, 5) is 27.0.